The summed E-state index contributed by atoms with van der Waals surface area (Å²) in [6, 6.07) is 7.82. The molecule has 2 aromatic rings. The highest BCUT2D eigenvalue weighted by Gasteiger charge is 2.12. The zero-order valence-electron chi connectivity index (χ0n) is 13.5. The molecule has 1 aromatic heterocycles. The first-order chi connectivity index (χ1) is 10.5. The van der Waals surface area contributed by atoms with Crippen molar-refractivity contribution in [3.63, 3.8) is 0 Å². The largest absolute Gasteiger partial charge is 0.491 e. The van der Waals surface area contributed by atoms with E-state index < -0.39 is 10.8 Å². The molecule has 120 valence electrons. The van der Waals surface area contributed by atoms with Crippen LogP contribution in [0.2, 0.25) is 0 Å². The van der Waals surface area contributed by atoms with Gasteiger partial charge in [0.05, 0.1) is 28.3 Å². The normalized spacial score (nSPS) is 12.8. The Labute approximate surface area is 139 Å². The zero-order valence-corrected chi connectivity index (χ0v) is 15.2. The average Bonchev–Trinajstić information content (AvgIpc) is 2.89. The lowest BCUT2D eigenvalue weighted by Crippen LogP contribution is -2.09. The van der Waals surface area contributed by atoms with E-state index in [1.807, 2.05) is 43.5 Å². The summed E-state index contributed by atoms with van der Waals surface area (Å²) in [6.07, 6.45) is 0.113. The number of hydrogen-bond acceptors (Lipinski definition) is 4. The number of rotatable bonds is 7. The van der Waals surface area contributed by atoms with Crippen LogP contribution in [0.1, 0.15) is 49.9 Å². The monoisotopic (exact) mass is 337 g/mol. The van der Waals surface area contributed by atoms with E-state index >= 15 is 0 Å². The first kappa shape index (κ1) is 17.2. The summed E-state index contributed by atoms with van der Waals surface area (Å²) in [5.41, 5.74) is 1.92. The molecule has 0 saturated carbocycles. The highest BCUT2D eigenvalue weighted by Crippen LogP contribution is 2.23. The molecule has 22 heavy (non-hydrogen) atoms. The molecule has 0 amide bonds. The fourth-order valence-electron chi connectivity index (χ4n) is 2.04. The quantitative estimate of drug-likeness (QED) is 0.746. The Kier molecular flexibility index (Phi) is 6.15. The Hall–Kier alpha value is -1.20. The van der Waals surface area contributed by atoms with Crippen molar-refractivity contribution < 1.29 is 8.95 Å². The van der Waals surface area contributed by atoms with Gasteiger partial charge in [0, 0.05) is 27.7 Å². The second-order valence-corrected chi connectivity index (χ2v) is 8.18. The second kappa shape index (κ2) is 7.88. The van der Waals surface area contributed by atoms with E-state index in [1.165, 1.54) is 0 Å². The molecule has 1 heterocycles. The highest BCUT2D eigenvalue weighted by atomic mass is 32.2. The molecule has 0 aliphatic rings. The van der Waals surface area contributed by atoms with Gasteiger partial charge in [-0.2, -0.15) is 0 Å². The number of thiazole rings is 1. The number of benzene rings is 1. The molecule has 1 aromatic carbocycles. The Morgan fingerprint density at radius 2 is 1.91 bits per heavy atom. The van der Waals surface area contributed by atoms with Gasteiger partial charge in [0.2, 0.25) is 0 Å². The van der Waals surface area contributed by atoms with Gasteiger partial charge in [-0.05, 0) is 19.9 Å². The third-order valence-corrected chi connectivity index (χ3v) is 5.47. The first-order valence-corrected chi connectivity index (χ1v) is 9.86. The molecule has 0 N–H and O–H groups in total. The molecule has 3 nitrogen and oxygen atoms in total. The molecular weight excluding hydrogens is 314 g/mol. The van der Waals surface area contributed by atoms with Gasteiger partial charge >= 0.3 is 0 Å². The van der Waals surface area contributed by atoms with E-state index in [4.69, 9.17) is 4.74 Å². The smallest absolute Gasteiger partial charge is 0.123 e. The molecule has 0 unspecified atom stereocenters. The van der Waals surface area contributed by atoms with Gasteiger partial charge in [0.15, 0.2) is 0 Å². The molecular formula is C17H23NO2S2. The summed E-state index contributed by atoms with van der Waals surface area (Å²) in [7, 11) is -0.983. The van der Waals surface area contributed by atoms with Gasteiger partial charge in [0.1, 0.15) is 5.75 Å². The summed E-state index contributed by atoms with van der Waals surface area (Å²) in [4.78, 5) is 4.56. The van der Waals surface area contributed by atoms with Crippen molar-refractivity contribution in [3.05, 3.63) is 45.9 Å². The van der Waals surface area contributed by atoms with Gasteiger partial charge in [-0.3, -0.25) is 4.21 Å². The average molecular weight is 338 g/mol. The molecule has 0 spiro atoms. The van der Waals surface area contributed by atoms with E-state index in [0.29, 0.717) is 17.4 Å². The van der Waals surface area contributed by atoms with Crippen LogP contribution in [0.15, 0.2) is 29.6 Å². The number of nitrogens with zero attached hydrogens (tertiary/aromatic N) is 1. The van der Waals surface area contributed by atoms with E-state index in [1.54, 1.807) is 11.3 Å². The minimum absolute atomic E-state index is 0.113. The minimum atomic E-state index is -0.983. The summed E-state index contributed by atoms with van der Waals surface area (Å²) in [6.45, 7) is 8.24. The molecule has 2 rings (SSSR count). The van der Waals surface area contributed by atoms with Crippen molar-refractivity contribution in [2.75, 3.05) is 0 Å². The lowest BCUT2D eigenvalue weighted by molar-refractivity contribution is 0.240. The standard InChI is InChI=1S/C17H23NO2S2/c1-12(2)17-18-15(9-21-17)11-22(19)10-14-7-5-6-8-16(14)20-13(3)4/h5-9,12-13H,10-11H2,1-4H3/t22-/m0/s1. The van der Waals surface area contributed by atoms with E-state index in [-0.39, 0.29) is 6.10 Å². The number of aromatic nitrogens is 1. The first-order valence-electron chi connectivity index (χ1n) is 7.49. The van der Waals surface area contributed by atoms with Gasteiger partial charge < -0.3 is 4.74 Å². The third-order valence-electron chi connectivity index (χ3n) is 3.02. The highest BCUT2D eigenvalue weighted by molar-refractivity contribution is 7.83. The molecule has 0 radical (unpaired) electrons. The predicted molar refractivity (Wildman–Crippen MR) is 94.0 cm³/mol. The molecule has 1 atom stereocenters. The van der Waals surface area contributed by atoms with Crippen LogP contribution in [0.3, 0.4) is 0 Å². The van der Waals surface area contributed by atoms with Crippen LogP contribution in [0.25, 0.3) is 0 Å². The fraction of sp³-hybridized carbons (Fsp3) is 0.471. The summed E-state index contributed by atoms with van der Waals surface area (Å²) >= 11 is 1.65. The van der Waals surface area contributed by atoms with Crippen molar-refractivity contribution in [2.45, 2.75) is 51.2 Å². The Bertz CT molecular complexity index is 635. The van der Waals surface area contributed by atoms with E-state index in [0.717, 1.165) is 22.0 Å². The van der Waals surface area contributed by atoms with Crippen molar-refractivity contribution in [2.24, 2.45) is 0 Å². The van der Waals surface area contributed by atoms with Crippen molar-refractivity contribution >= 4 is 22.1 Å². The maximum absolute atomic E-state index is 12.4. The molecule has 0 fully saturated rings. The Morgan fingerprint density at radius 3 is 2.55 bits per heavy atom. The van der Waals surface area contributed by atoms with Crippen LogP contribution in [0.5, 0.6) is 5.75 Å². The van der Waals surface area contributed by atoms with E-state index in [2.05, 4.69) is 18.8 Å². The minimum Gasteiger partial charge on any atom is -0.491 e. The van der Waals surface area contributed by atoms with Crippen LogP contribution in [0, 0.1) is 0 Å². The summed E-state index contributed by atoms with van der Waals surface area (Å²) in [5, 5.41) is 3.12. The Morgan fingerprint density at radius 1 is 1.18 bits per heavy atom. The molecule has 0 saturated heterocycles. The van der Waals surface area contributed by atoms with Crippen LogP contribution in [-0.2, 0) is 22.3 Å². The zero-order chi connectivity index (χ0) is 16.1. The van der Waals surface area contributed by atoms with Crippen LogP contribution in [0.4, 0.5) is 0 Å². The summed E-state index contributed by atoms with van der Waals surface area (Å²) in [5.74, 6) is 2.25. The molecule has 0 bridgehead atoms. The lowest BCUT2D eigenvalue weighted by Gasteiger charge is -2.13. The Balaban J connectivity index is 2.02. The number of para-hydroxylation sites is 1. The van der Waals surface area contributed by atoms with E-state index in [9.17, 15) is 4.21 Å². The van der Waals surface area contributed by atoms with Crippen LogP contribution < -0.4 is 4.74 Å². The van der Waals surface area contributed by atoms with Gasteiger partial charge in [-0.1, -0.05) is 32.0 Å². The van der Waals surface area contributed by atoms with Gasteiger partial charge in [0.25, 0.3) is 0 Å². The molecule has 0 aliphatic heterocycles. The van der Waals surface area contributed by atoms with Crippen molar-refractivity contribution in [1.82, 2.24) is 4.98 Å². The predicted octanol–water partition coefficient (Wildman–Crippen LogP) is 4.50. The maximum Gasteiger partial charge on any atom is 0.123 e. The van der Waals surface area contributed by atoms with Gasteiger partial charge in [-0.15, -0.1) is 11.3 Å². The number of hydrogen-bond donors (Lipinski definition) is 0. The fourth-order valence-corrected chi connectivity index (χ4v) is 4.14. The van der Waals surface area contributed by atoms with Crippen molar-refractivity contribution in [3.8, 4) is 5.75 Å². The SMILES string of the molecule is CC(C)Oc1ccccc1C[S@](=O)Cc1csc(C(C)C)n1. The number of ether oxygens (including phenoxy) is 1. The van der Waals surface area contributed by atoms with Crippen LogP contribution in [-0.4, -0.2) is 15.3 Å². The van der Waals surface area contributed by atoms with Crippen molar-refractivity contribution in [1.29, 1.82) is 0 Å². The maximum atomic E-state index is 12.4. The molecule has 5 heteroatoms. The van der Waals surface area contributed by atoms with Gasteiger partial charge in [-0.25, -0.2) is 4.98 Å². The van der Waals surface area contributed by atoms with Crippen LogP contribution >= 0.6 is 11.3 Å². The second-order valence-electron chi connectivity index (χ2n) is 5.83. The lowest BCUT2D eigenvalue weighted by atomic mass is 10.2. The topological polar surface area (TPSA) is 39.2 Å². The summed E-state index contributed by atoms with van der Waals surface area (Å²) < 4.78 is 18.2. The molecule has 0 aliphatic carbocycles. The third kappa shape index (κ3) is 4.92.